The number of carbonyl (C=O) groups is 1. The highest BCUT2D eigenvalue weighted by molar-refractivity contribution is 5.87. The van der Waals surface area contributed by atoms with Crippen molar-refractivity contribution >= 4 is 11.8 Å². The fourth-order valence-electron chi connectivity index (χ4n) is 1.48. The molecule has 0 saturated heterocycles. The number of pyridine rings is 1. The van der Waals surface area contributed by atoms with Gasteiger partial charge in [-0.2, -0.15) is 0 Å². The molecule has 0 amide bonds. The lowest BCUT2D eigenvalue weighted by molar-refractivity contribution is 0.0696. The molecular weight excluding hydrogens is 220 g/mol. The van der Waals surface area contributed by atoms with Crippen LogP contribution in [0.3, 0.4) is 0 Å². The summed E-state index contributed by atoms with van der Waals surface area (Å²) < 4.78 is 4.98. The molecule has 0 saturated carbocycles. The Hall–Kier alpha value is -2.30. The Balaban J connectivity index is 2.09. The van der Waals surface area contributed by atoms with Crippen LogP contribution in [0.2, 0.25) is 0 Å². The van der Waals surface area contributed by atoms with E-state index in [1.54, 1.807) is 18.6 Å². The van der Waals surface area contributed by atoms with Crippen molar-refractivity contribution in [3.05, 3.63) is 48.0 Å². The first-order valence-corrected chi connectivity index (χ1v) is 5.08. The van der Waals surface area contributed by atoms with Crippen LogP contribution in [0, 0.1) is 0 Å². The van der Waals surface area contributed by atoms with Crippen LogP contribution in [-0.4, -0.2) is 23.1 Å². The second-order valence-corrected chi connectivity index (χ2v) is 3.70. The van der Waals surface area contributed by atoms with Gasteiger partial charge in [-0.1, -0.05) is 0 Å². The second kappa shape index (κ2) is 4.69. The van der Waals surface area contributed by atoms with Crippen LogP contribution in [0.4, 0.5) is 5.82 Å². The van der Waals surface area contributed by atoms with Gasteiger partial charge in [0.2, 0.25) is 0 Å². The number of aromatic carboxylic acids is 1. The first kappa shape index (κ1) is 11.2. The maximum Gasteiger partial charge on any atom is 0.337 e. The van der Waals surface area contributed by atoms with Gasteiger partial charge in [-0.05, 0) is 18.2 Å². The molecule has 0 spiro atoms. The lowest BCUT2D eigenvalue weighted by Crippen LogP contribution is -2.17. The van der Waals surface area contributed by atoms with Crippen molar-refractivity contribution in [3.8, 4) is 0 Å². The number of aromatic nitrogens is 1. The van der Waals surface area contributed by atoms with E-state index in [1.807, 2.05) is 18.0 Å². The van der Waals surface area contributed by atoms with Gasteiger partial charge in [0.15, 0.2) is 0 Å². The highest BCUT2D eigenvalue weighted by atomic mass is 16.4. The van der Waals surface area contributed by atoms with Crippen LogP contribution >= 0.6 is 0 Å². The molecule has 17 heavy (non-hydrogen) atoms. The molecule has 0 aliphatic carbocycles. The number of hydrogen-bond donors (Lipinski definition) is 1. The van der Waals surface area contributed by atoms with Crippen molar-refractivity contribution in [2.45, 2.75) is 6.54 Å². The quantitative estimate of drug-likeness (QED) is 0.873. The molecule has 2 rings (SSSR count). The smallest absolute Gasteiger partial charge is 0.337 e. The predicted octanol–water partition coefficient (Wildman–Crippen LogP) is 2.01. The highest BCUT2D eigenvalue weighted by Gasteiger charge is 2.07. The first-order chi connectivity index (χ1) is 8.16. The number of carboxylic acids is 1. The Morgan fingerprint density at radius 2 is 2.29 bits per heavy atom. The topological polar surface area (TPSA) is 66.6 Å². The summed E-state index contributed by atoms with van der Waals surface area (Å²) in [5, 5.41) is 8.76. The third kappa shape index (κ3) is 2.63. The summed E-state index contributed by atoms with van der Waals surface area (Å²) in [7, 11) is 1.88. The van der Waals surface area contributed by atoms with Gasteiger partial charge in [0, 0.05) is 25.4 Å². The summed E-state index contributed by atoms with van der Waals surface area (Å²) in [5.74, 6) is -0.252. The van der Waals surface area contributed by atoms with Crippen molar-refractivity contribution in [2.24, 2.45) is 0 Å². The van der Waals surface area contributed by atoms with Gasteiger partial charge in [-0.3, -0.25) is 0 Å². The van der Waals surface area contributed by atoms with Gasteiger partial charge in [0.25, 0.3) is 0 Å². The Kier molecular flexibility index (Phi) is 3.09. The van der Waals surface area contributed by atoms with E-state index in [9.17, 15) is 4.79 Å². The molecule has 0 radical (unpaired) electrons. The standard InChI is InChI=1S/C12H12N2O3/c1-14(7-9-4-5-17-8-9)11-3-2-10(6-13-11)12(15)16/h2-6,8H,7H2,1H3,(H,15,16). The Labute approximate surface area is 98.3 Å². The molecule has 2 heterocycles. The van der Waals surface area contributed by atoms with Crippen molar-refractivity contribution in [1.82, 2.24) is 4.98 Å². The van der Waals surface area contributed by atoms with E-state index >= 15 is 0 Å². The van der Waals surface area contributed by atoms with Gasteiger partial charge >= 0.3 is 5.97 Å². The fourth-order valence-corrected chi connectivity index (χ4v) is 1.48. The van der Waals surface area contributed by atoms with Crippen LogP contribution in [0.1, 0.15) is 15.9 Å². The first-order valence-electron chi connectivity index (χ1n) is 5.08. The monoisotopic (exact) mass is 232 g/mol. The van der Waals surface area contributed by atoms with E-state index in [4.69, 9.17) is 9.52 Å². The minimum Gasteiger partial charge on any atom is -0.478 e. The van der Waals surface area contributed by atoms with Crippen LogP contribution in [0.5, 0.6) is 0 Å². The maximum atomic E-state index is 10.7. The van der Waals surface area contributed by atoms with E-state index in [0.29, 0.717) is 6.54 Å². The van der Waals surface area contributed by atoms with Gasteiger partial charge in [-0.15, -0.1) is 0 Å². The summed E-state index contributed by atoms with van der Waals surface area (Å²) in [5.41, 5.74) is 1.22. The van der Waals surface area contributed by atoms with Gasteiger partial charge in [-0.25, -0.2) is 9.78 Å². The minimum absolute atomic E-state index is 0.186. The molecule has 88 valence electrons. The van der Waals surface area contributed by atoms with E-state index in [-0.39, 0.29) is 5.56 Å². The molecule has 0 atom stereocenters. The Bertz CT molecular complexity index is 491. The molecule has 0 aliphatic rings. The molecule has 0 bridgehead atoms. The van der Waals surface area contributed by atoms with Crippen molar-refractivity contribution < 1.29 is 14.3 Å². The van der Waals surface area contributed by atoms with Crippen LogP contribution < -0.4 is 4.90 Å². The molecule has 2 aromatic rings. The average Bonchev–Trinajstić information content (AvgIpc) is 2.82. The van der Waals surface area contributed by atoms with Gasteiger partial charge in [0.05, 0.1) is 18.1 Å². The van der Waals surface area contributed by atoms with E-state index < -0.39 is 5.97 Å². The zero-order chi connectivity index (χ0) is 12.3. The number of nitrogens with zero attached hydrogens (tertiary/aromatic N) is 2. The van der Waals surface area contributed by atoms with E-state index in [0.717, 1.165) is 11.4 Å². The second-order valence-electron chi connectivity index (χ2n) is 3.70. The SMILES string of the molecule is CN(Cc1ccoc1)c1ccc(C(=O)O)cn1. The summed E-state index contributed by atoms with van der Waals surface area (Å²) in [6.45, 7) is 0.663. The largest absolute Gasteiger partial charge is 0.478 e. The zero-order valence-corrected chi connectivity index (χ0v) is 9.33. The third-order valence-corrected chi connectivity index (χ3v) is 2.39. The van der Waals surface area contributed by atoms with E-state index in [2.05, 4.69) is 4.98 Å². The molecule has 0 fully saturated rings. The summed E-state index contributed by atoms with van der Waals surface area (Å²) in [4.78, 5) is 16.7. The van der Waals surface area contributed by atoms with Gasteiger partial charge < -0.3 is 14.4 Å². The molecule has 0 aromatic carbocycles. The number of carboxylic acid groups (broad SMARTS) is 1. The number of rotatable bonds is 4. The molecule has 1 N–H and O–H groups in total. The van der Waals surface area contributed by atoms with Crippen LogP contribution in [0.15, 0.2) is 41.3 Å². The minimum atomic E-state index is -0.971. The molecule has 0 aliphatic heterocycles. The average molecular weight is 232 g/mol. The summed E-state index contributed by atoms with van der Waals surface area (Å²) in [6, 6.07) is 5.10. The van der Waals surface area contributed by atoms with Gasteiger partial charge in [0.1, 0.15) is 5.82 Å². The van der Waals surface area contributed by atoms with E-state index in [1.165, 1.54) is 12.3 Å². The lowest BCUT2D eigenvalue weighted by Gasteiger charge is -2.16. The number of furan rings is 1. The number of hydrogen-bond acceptors (Lipinski definition) is 4. The van der Waals surface area contributed by atoms with Crippen LogP contribution in [0.25, 0.3) is 0 Å². The maximum absolute atomic E-state index is 10.7. The molecule has 5 heteroatoms. The van der Waals surface area contributed by atoms with Crippen molar-refractivity contribution in [3.63, 3.8) is 0 Å². The normalized spacial score (nSPS) is 10.2. The van der Waals surface area contributed by atoms with Crippen LogP contribution in [-0.2, 0) is 6.54 Å². The molecular formula is C12H12N2O3. The molecule has 0 unspecified atom stereocenters. The summed E-state index contributed by atoms with van der Waals surface area (Å²) >= 11 is 0. The Morgan fingerprint density at radius 1 is 1.47 bits per heavy atom. The predicted molar refractivity (Wildman–Crippen MR) is 62.0 cm³/mol. The molecule has 5 nitrogen and oxygen atoms in total. The summed E-state index contributed by atoms with van der Waals surface area (Å²) in [6.07, 6.45) is 4.63. The molecule has 2 aromatic heterocycles. The van der Waals surface area contributed by atoms with Crippen molar-refractivity contribution in [1.29, 1.82) is 0 Å². The van der Waals surface area contributed by atoms with Crippen molar-refractivity contribution in [2.75, 3.05) is 11.9 Å². The Morgan fingerprint density at radius 3 is 2.82 bits per heavy atom. The number of anilines is 1. The lowest BCUT2D eigenvalue weighted by atomic mass is 10.2. The fraction of sp³-hybridized carbons (Fsp3) is 0.167. The highest BCUT2D eigenvalue weighted by Crippen LogP contribution is 2.13. The zero-order valence-electron chi connectivity index (χ0n) is 9.33. The third-order valence-electron chi connectivity index (χ3n) is 2.39.